The highest BCUT2D eigenvalue weighted by atomic mass is 16.1. The van der Waals surface area contributed by atoms with E-state index in [0.717, 1.165) is 19.5 Å². The summed E-state index contributed by atoms with van der Waals surface area (Å²) in [6, 6.07) is 0.368. The van der Waals surface area contributed by atoms with Crippen LogP contribution >= 0.6 is 0 Å². The highest BCUT2D eigenvalue weighted by Gasteiger charge is 2.17. The van der Waals surface area contributed by atoms with E-state index in [0.29, 0.717) is 12.5 Å². The van der Waals surface area contributed by atoms with Gasteiger partial charge in [-0.3, -0.25) is 4.79 Å². The van der Waals surface area contributed by atoms with E-state index in [1.165, 1.54) is 0 Å². The first-order valence-electron chi connectivity index (χ1n) is 3.94. The van der Waals surface area contributed by atoms with Crippen LogP contribution in [0.5, 0.6) is 0 Å². The highest BCUT2D eigenvalue weighted by molar-refractivity contribution is 5.76. The van der Waals surface area contributed by atoms with Crippen LogP contribution in [0.25, 0.3) is 0 Å². The molecule has 0 aromatic rings. The number of amides is 1. The van der Waals surface area contributed by atoms with Crippen LogP contribution in [-0.4, -0.2) is 25.0 Å². The molecule has 1 heterocycles. The summed E-state index contributed by atoms with van der Waals surface area (Å²) in [5.74, 6) is 0.136. The minimum atomic E-state index is 0.136. The smallest absolute Gasteiger partial charge is 0.220 e. The van der Waals surface area contributed by atoms with Crippen molar-refractivity contribution in [2.45, 2.75) is 18.9 Å². The summed E-state index contributed by atoms with van der Waals surface area (Å²) in [4.78, 5) is 11.0. The molecule has 0 aromatic heterocycles. The van der Waals surface area contributed by atoms with E-state index < -0.39 is 0 Å². The van der Waals surface area contributed by atoms with Gasteiger partial charge in [-0.2, -0.15) is 0 Å². The Hall–Kier alpha value is -0.830. The van der Waals surface area contributed by atoms with Gasteiger partial charge in [-0.25, -0.2) is 0 Å². The van der Waals surface area contributed by atoms with Gasteiger partial charge in [0.05, 0.1) is 6.04 Å². The van der Waals surface area contributed by atoms with E-state index in [9.17, 15) is 4.79 Å². The van der Waals surface area contributed by atoms with Crippen LogP contribution in [0.3, 0.4) is 0 Å². The van der Waals surface area contributed by atoms with Crippen LogP contribution in [0, 0.1) is 0 Å². The standard InChI is InChI=1S/C8H14N2O/c1-2-3-4-8(11)10-7-5-9-6-7/h2,7,9H,1,3-6H2,(H,10,11). The lowest BCUT2D eigenvalue weighted by atomic mass is 10.1. The fourth-order valence-electron chi connectivity index (χ4n) is 0.924. The van der Waals surface area contributed by atoms with Crippen LogP contribution in [0.2, 0.25) is 0 Å². The second kappa shape index (κ2) is 4.13. The average Bonchev–Trinajstić information content (AvgIpc) is 1.93. The van der Waals surface area contributed by atoms with Gasteiger partial charge in [0, 0.05) is 19.5 Å². The molecule has 1 fully saturated rings. The molecule has 0 aromatic carbocycles. The van der Waals surface area contributed by atoms with Crippen LogP contribution in [0.1, 0.15) is 12.8 Å². The first kappa shape index (κ1) is 8.27. The summed E-state index contributed by atoms with van der Waals surface area (Å²) in [6.07, 6.45) is 3.10. The van der Waals surface area contributed by atoms with Crippen molar-refractivity contribution in [1.82, 2.24) is 10.6 Å². The lowest BCUT2D eigenvalue weighted by molar-refractivity contribution is -0.122. The molecule has 0 radical (unpaired) electrons. The summed E-state index contributed by atoms with van der Waals surface area (Å²) in [5.41, 5.74) is 0. The van der Waals surface area contributed by atoms with Gasteiger partial charge in [-0.1, -0.05) is 6.08 Å². The van der Waals surface area contributed by atoms with E-state index in [-0.39, 0.29) is 5.91 Å². The van der Waals surface area contributed by atoms with Gasteiger partial charge in [0.15, 0.2) is 0 Å². The Morgan fingerprint density at radius 1 is 1.73 bits per heavy atom. The van der Waals surface area contributed by atoms with Crippen molar-refractivity contribution < 1.29 is 4.79 Å². The van der Waals surface area contributed by atoms with Crippen molar-refractivity contribution in [3.63, 3.8) is 0 Å². The van der Waals surface area contributed by atoms with Crippen molar-refractivity contribution >= 4 is 5.91 Å². The van der Waals surface area contributed by atoms with Crippen LogP contribution in [0.15, 0.2) is 12.7 Å². The van der Waals surface area contributed by atoms with Crippen molar-refractivity contribution in [2.75, 3.05) is 13.1 Å². The second-order valence-electron chi connectivity index (χ2n) is 2.75. The molecule has 0 atom stereocenters. The molecule has 11 heavy (non-hydrogen) atoms. The summed E-state index contributed by atoms with van der Waals surface area (Å²) in [7, 11) is 0. The van der Waals surface area contributed by atoms with E-state index >= 15 is 0 Å². The van der Waals surface area contributed by atoms with Crippen LogP contribution in [-0.2, 0) is 4.79 Å². The molecule has 0 aliphatic carbocycles. The Balaban J connectivity index is 2.04. The van der Waals surface area contributed by atoms with E-state index in [1.807, 2.05) is 0 Å². The first-order valence-corrected chi connectivity index (χ1v) is 3.94. The summed E-state index contributed by atoms with van der Waals surface area (Å²) in [6.45, 7) is 5.39. The third kappa shape index (κ3) is 2.72. The van der Waals surface area contributed by atoms with Crippen molar-refractivity contribution in [1.29, 1.82) is 0 Å². The van der Waals surface area contributed by atoms with Gasteiger partial charge < -0.3 is 10.6 Å². The maximum absolute atomic E-state index is 11.0. The molecule has 62 valence electrons. The molecule has 1 aliphatic heterocycles. The van der Waals surface area contributed by atoms with Gasteiger partial charge in [0.2, 0.25) is 5.91 Å². The Kier molecular flexibility index (Phi) is 3.11. The van der Waals surface area contributed by atoms with E-state index in [4.69, 9.17) is 0 Å². The fraction of sp³-hybridized carbons (Fsp3) is 0.625. The summed E-state index contributed by atoms with van der Waals surface area (Å²) in [5, 5.41) is 5.99. The Bertz CT molecular complexity index is 152. The molecule has 1 amide bonds. The maximum atomic E-state index is 11.0. The molecule has 0 bridgehead atoms. The minimum absolute atomic E-state index is 0.136. The maximum Gasteiger partial charge on any atom is 0.220 e. The van der Waals surface area contributed by atoms with Gasteiger partial charge in [-0.05, 0) is 6.42 Å². The molecular formula is C8H14N2O. The molecule has 2 N–H and O–H groups in total. The Labute approximate surface area is 66.9 Å². The summed E-state index contributed by atoms with van der Waals surface area (Å²) < 4.78 is 0. The van der Waals surface area contributed by atoms with Gasteiger partial charge in [-0.15, -0.1) is 6.58 Å². The van der Waals surface area contributed by atoms with E-state index in [2.05, 4.69) is 17.2 Å². The molecule has 1 aliphatic rings. The average molecular weight is 154 g/mol. The number of nitrogens with one attached hydrogen (secondary N) is 2. The predicted octanol–water partition coefficient (Wildman–Crippen LogP) is 0.0406. The number of carbonyl (C=O) groups excluding carboxylic acids is 1. The molecule has 1 rings (SSSR count). The van der Waals surface area contributed by atoms with E-state index in [1.54, 1.807) is 6.08 Å². The summed E-state index contributed by atoms with van der Waals surface area (Å²) >= 11 is 0. The molecule has 3 nitrogen and oxygen atoms in total. The fourth-order valence-corrected chi connectivity index (χ4v) is 0.924. The van der Waals surface area contributed by atoms with Gasteiger partial charge >= 0.3 is 0 Å². The number of allylic oxidation sites excluding steroid dienone is 1. The topological polar surface area (TPSA) is 41.1 Å². The predicted molar refractivity (Wildman–Crippen MR) is 44.2 cm³/mol. The van der Waals surface area contributed by atoms with Crippen molar-refractivity contribution in [3.05, 3.63) is 12.7 Å². The Morgan fingerprint density at radius 2 is 2.45 bits per heavy atom. The Morgan fingerprint density at radius 3 is 2.91 bits per heavy atom. The van der Waals surface area contributed by atoms with Crippen LogP contribution < -0.4 is 10.6 Å². The lowest BCUT2D eigenvalue weighted by Crippen LogP contribution is -2.56. The highest BCUT2D eigenvalue weighted by Crippen LogP contribution is 1.94. The molecule has 0 saturated carbocycles. The van der Waals surface area contributed by atoms with Gasteiger partial charge in [0.1, 0.15) is 0 Å². The molecule has 0 unspecified atom stereocenters. The lowest BCUT2D eigenvalue weighted by Gasteiger charge is -2.27. The zero-order chi connectivity index (χ0) is 8.10. The molecule has 3 heteroatoms. The molecule has 0 spiro atoms. The monoisotopic (exact) mass is 154 g/mol. The third-order valence-corrected chi connectivity index (χ3v) is 1.72. The number of hydrogen-bond donors (Lipinski definition) is 2. The zero-order valence-electron chi connectivity index (χ0n) is 6.60. The number of carbonyl (C=O) groups is 1. The second-order valence-corrected chi connectivity index (χ2v) is 2.75. The minimum Gasteiger partial charge on any atom is -0.351 e. The third-order valence-electron chi connectivity index (χ3n) is 1.72. The molecular weight excluding hydrogens is 140 g/mol. The largest absolute Gasteiger partial charge is 0.351 e. The van der Waals surface area contributed by atoms with Crippen molar-refractivity contribution in [3.8, 4) is 0 Å². The number of rotatable bonds is 4. The van der Waals surface area contributed by atoms with Crippen molar-refractivity contribution in [2.24, 2.45) is 0 Å². The van der Waals surface area contributed by atoms with Crippen LogP contribution in [0.4, 0.5) is 0 Å². The number of hydrogen-bond acceptors (Lipinski definition) is 2. The quantitative estimate of drug-likeness (QED) is 0.561. The zero-order valence-corrected chi connectivity index (χ0v) is 6.60. The van der Waals surface area contributed by atoms with Gasteiger partial charge in [0.25, 0.3) is 0 Å². The molecule has 1 saturated heterocycles. The SMILES string of the molecule is C=CCCC(=O)NC1CNC1. The first-order chi connectivity index (χ1) is 5.33. The normalized spacial score (nSPS) is 17.1.